The molecule has 0 saturated carbocycles. The molecule has 0 aliphatic carbocycles. The van der Waals surface area contributed by atoms with Gasteiger partial charge in [-0.1, -0.05) is 76.2 Å². The minimum Gasteiger partial charge on any atom is -0.503 e. The van der Waals surface area contributed by atoms with E-state index in [-0.39, 0.29) is 35.1 Å². The Labute approximate surface area is 225 Å². The molecule has 0 saturated heterocycles. The number of methoxy groups -OCH3 is 1. The highest BCUT2D eigenvalue weighted by molar-refractivity contribution is 5.98. The number of aromatic hydroxyl groups is 1. The fraction of sp³-hybridized carbons (Fsp3) is 0.387. The molecule has 1 aromatic heterocycles. The van der Waals surface area contributed by atoms with Crippen LogP contribution in [0.4, 0.5) is 0 Å². The first-order chi connectivity index (χ1) is 18.0. The third-order valence-corrected chi connectivity index (χ3v) is 6.81. The molecule has 2 atom stereocenters. The largest absolute Gasteiger partial charge is 0.503 e. The summed E-state index contributed by atoms with van der Waals surface area (Å²) in [4.78, 5) is 29.9. The molecule has 38 heavy (non-hydrogen) atoms. The van der Waals surface area contributed by atoms with Crippen LogP contribution in [0.5, 0.6) is 11.5 Å². The first kappa shape index (κ1) is 28.7. The number of carbonyl (C=O) groups is 2. The molecule has 3 N–H and O–H groups in total. The van der Waals surface area contributed by atoms with Gasteiger partial charge in [0.05, 0.1) is 7.11 Å². The highest BCUT2D eigenvalue weighted by Crippen LogP contribution is 2.32. The minimum absolute atomic E-state index is 0.0941. The Morgan fingerprint density at radius 3 is 1.84 bits per heavy atom. The van der Waals surface area contributed by atoms with E-state index in [1.807, 2.05) is 6.92 Å². The molecule has 0 fully saturated rings. The molecule has 0 radical (unpaired) electrons. The standard InChI is InChI=1S/C31H39N3O4/c1-18(2)22-10-8-12-24(16-22)27(25-13-9-11-23(17-25)19(3)4)20(5)33-30(36)21(6)34-31(37)28-29(35)26(38-7)14-15-32-28/h8-21,27,35H,1-7H3,(H,33,36)(H,34,37)/t20-,21-/m0/s1. The van der Waals surface area contributed by atoms with Crippen molar-refractivity contribution in [3.8, 4) is 11.5 Å². The van der Waals surface area contributed by atoms with Gasteiger partial charge in [0.2, 0.25) is 5.91 Å². The van der Waals surface area contributed by atoms with Gasteiger partial charge in [-0.2, -0.15) is 0 Å². The van der Waals surface area contributed by atoms with Crippen LogP contribution in [0.3, 0.4) is 0 Å². The van der Waals surface area contributed by atoms with Crippen LogP contribution in [-0.4, -0.2) is 41.1 Å². The highest BCUT2D eigenvalue weighted by atomic mass is 16.5. The second kappa shape index (κ2) is 12.6. The van der Waals surface area contributed by atoms with Gasteiger partial charge >= 0.3 is 0 Å². The van der Waals surface area contributed by atoms with Crippen molar-refractivity contribution in [1.29, 1.82) is 0 Å². The second-order valence-corrected chi connectivity index (χ2v) is 10.3. The number of amides is 2. The monoisotopic (exact) mass is 517 g/mol. The number of nitrogens with zero attached hydrogens (tertiary/aromatic N) is 1. The van der Waals surface area contributed by atoms with E-state index in [0.29, 0.717) is 11.8 Å². The van der Waals surface area contributed by atoms with Gasteiger partial charge in [0.15, 0.2) is 17.2 Å². The Bertz CT molecular complexity index is 1220. The molecule has 0 aliphatic rings. The lowest BCUT2D eigenvalue weighted by Gasteiger charge is -2.28. The van der Waals surface area contributed by atoms with E-state index < -0.39 is 11.9 Å². The number of hydrogen-bond acceptors (Lipinski definition) is 5. The summed E-state index contributed by atoms with van der Waals surface area (Å²) >= 11 is 0. The van der Waals surface area contributed by atoms with Crippen molar-refractivity contribution in [3.63, 3.8) is 0 Å². The maximum Gasteiger partial charge on any atom is 0.274 e. The van der Waals surface area contributed by atoms with E-state index in [1.54, 1.807) is 6.92 Å². The summed E-state index contributed by atoms with van der Waals surface area (Å²) in [5.74, 6) is -0.586. The van der Waals surface area contributed by atoms with Gasteiger partial charge < -0.3 is 20.5 Å². The molecule has 0 spiro atoms. The number of nitrogens with one attached hydrogen (secondary N) is 2. The fourth-order valence-electron chi connectivity index (χ4n) is 4.52. The molecule has 2 aromatic carbocycles. The van der Waals surface area contributed by atoms with E-state index in [2.05, 4.69) is 91.8 Å². The van der Waals surface area contributed by atoms with Gasteiger partial charge in [0.25, 0.3) is 5.91 Å². The zero-order chi connectivity index (χ0) is 28.0. The second-order valence-electron chi connectivity index (χ2n) is 10.3. The van der Waals surface area contributed by atoms with E-state index in [4.69, 9.17) is 4.74 Å². The molecular formula is C31H39N3O4. The number of hydrogen-bond donors (Lipinski definition) is 3. The number of ether oxygens (including phenoxy) is 1. The smallest absolute Gasteiger partial charge is 0.274 e. The van der Waals surface area contributed by atoms with Crippen LogP contribution >= 0.6 is 0 Å². The van der Waals surface area contributed by atoms with Crippen LogP contribution in [0, 0.1) is 0 Å². The van der Waals surface area contributed by atoms with Gasteiger partial charge in [-0.15, -0.1) is 0 Å². The summed E-state index contributed by atoms with van der Waals surface area (Å²) in [7, 11) is 1.39. The van der Waals surface area contributed by atoms with Crippen molar-refractivity contribution in [2.75, 3.05) is 7.11 Å². The normalized spacial score (nSPS) is 12.9. The molecule has 2 amide bonds. The molecule has 7 nitrogen and oxygen atoms in total. The number of aromatic nitrogens is 1. The zero-order valence-electron chi connectivity index (χ0n) is 23.3. The minimum atomic E-state index is -0.859. The maximum absolute atomic E-state index is 13.2. The fourth-order valence-corrected chi connectivity index (χ4v) is 4.52. The van der Waals surface area contributed by atoms with Crippen LogP contribution < -0.4 is 15.4 Å². The van der Waals surface area contributed by atoms with E-state index in [1.165, 1.54) is 30.5 Å². The third kappa shape index (κ3) is 6.71. The summed E-state index contributed by atoms with van der Waals surface area (Å²) in [5, 5.41) is 16.0. The van der Waals surface area contributed by atoms with Crippen molar-refractivity contribution in [2.45, 2.75) is 71.4 Å². The SMILES string of the molecule is COc1ccnc(C(=O)N[C@@H](C)C(=O)N[C@@H](C)C(c2cccc(C(C)C)c2)c2cccc(C(C)C)c2)c1O. The molecule has 1 heterocycles. The molecule has 7 heteroatoms. The molecule has 3 aromatic rings. The van der Waals surface area contributed by atoms with Gasteiger partial charge in [0.1, 0.15) is 6.04 Å². The number of pyridine rings is 1. The average Bonchev–Trinajstić information content (AvgIpc) is 2.89. The molecular weight excluding hydrogens is 478 g/mol. The Balaban J connectivity index is 1.85. The summed E-state index contributed by atoms with van der Waals surface area (Å²) in [6.07, 6.45) is 1.36. The van der Waals surface area contributed by atoms with Crippen molar-refractivity contribution in [1.82, 2.24) is 15.6 Å². The van der Waals surface area contributed by atoms with Crippen LogP contribution in [0.25, 0.3) is 0 Å². The molecule has 3 rings (SSSR count). The van der Waals surface area contributed by atoms with Crippen LogP contribution in [-0.2, 0) is 4.79 Å². The van der Waals surface area contributed by atoms with E-state index in [9.17, 15) is 14.7 Å². The van der Waals surface area contributed by atoms with Crippen molar-refractivity contribution < 1.29 is 19.4 Å². The lowest BCUT2D eigenvalue weighted by Crippen LogP contribution is -2.49. The Hall–Kier alpha value is -3.87. The predicted octanol–water partition coefficient (Wildman–Crippen LogP) is 5.50. The molecule has 0 unspecified atom stereocenters. The third-order valence-electron chi connectivity index (χ3n) is 6.81. The van der Waals surface area contributed by atoms with E-state index in [0.717, 1.165) is 11.1 Å². The van der Waals surface area contributed by atoms with Gasteiger partial charge in [-0.05, 0) is 47.9 Å². The average molecular weight is 518 g/mol. The topological polar surface area (TPSA) is 101 Å². The van der Waals surface area contributed by atoms with Gasteiger partial charge in [0, 0.05) is 24.2 Å². The van der Waals surface area contributed by atoms with Crippen molar-refractivity contribution in [3.05, 3.63) is 88.7 Å². The Morgan fingerprint density at radius 1 is 0.816 bits per heavy atom. The summed E-state index contributed by atoms with van der Waals surface area (Å²) in [6.45, 7) is 12.2. The van der Waals surface area contributed by atoms with Crippen molar-refractivity contribution in [2.24, 2.45) is 0 Å². The lowest BCUT2D eigenvalue weighted by molar-refractivity contribution is -0.123. The first-order valence-corrected chi connectivity index (χ1v) is 13.1. The number of carbonyl (C=O) groups excluding carboxylic acids is 2. The van der Waals surface area contributed by atoms with Gasteiger partial charge in [-0.3, -0.25) is 9.59 Å². The number of rotatable bonds is 10. The molecule has 0 bridgehead atoms. The molecule has 0 aliphatic heterocycles. The summed E-state index contributed by atoms with van der Waals surface area (Å²) < 4.78 is 5.05. The lowest BCUT2D eigenvalue weighted by atomic mass is 9.83. The number of benzene rings is 2. The van der Waals surface area contributed by atoms with E-state index >= 15 is 0 Å². The Morgan fingerprint density at radius 2 is 1.34 bits per heavy atom. The van der Waals surface area contributed by atoms with Crippen molar-refractivity contribution >= 4 is 11.8 Å². The van der Waals surface area contributed by atoms with Gasteiger partial charge in [-0.25, -0.2) is 4.98 Å². The van der Waals surface area contributed by atoms with Crippen LogP contribution in [0.1, 0.15) is 92.0 Å². The summed E-state index contributed by atoms with van der Waals surface area (Å²) in [5.41, 5.74) is 4.50. The van der Waals surface area contributed by atoms with Crippen LogP contribution in [0.15, 0.2) is 60.8 Å². The summed E-state index contributed by atoms with van der Waals surface area (Å²) in [6, 6.07) is 17.3. The quantitative estimate of drug-likeness (QED) is 0.330. The predicted molar refractivity (Wildman–Crippen MR) is 150 cm³/mol. The first-order valence-electron chi connectivity index (χ1n) is 13.1. The highest BCUT2D eigenvalue weighted by Gasteiger charge is 2.27. The van der Waals surface area contributed by atoms with Crippen LogP contribution in [0.2, 0.25) is 0 Å². The Kier molecular flexibility index (Phi) is 9.50. The maximum atomic E-state index is 13.2. The molecule has 202 valence electrons. The zero-order valence-corrected chi connectivity index (χ0v) is 23.3.